The van der Waals surface area contributed by atoms with E-state index in [0.29, 0.717) is 41.5 Å². The molecule has 0 bridgehead atoms. The van der Waals surface area contributed by atoms with Gasteiger partial charge in [0.1, 0.15) is 0 Å². The fourth-order valence-electron chi connectivity index (χ4n) is 4.43. The van der Waals surface area contributed by atoms with Crippen molar-refractivity contribution in [3.05, 3.63) is 51.9 Å². The molecule has 2 aliphatic rings. The van der Waals surface area contributed by atoms with Crippen LogP contribution in [0.25, 0.3) is 0 Å². The Morgan fingerprint density at radius 1 is 1.07 bits per heavy atom. The normalized spacial score (nSPS) is 19.8. The molecule has 2 fully saturated rings. The van der Waals surface area contributed by atoms with Gasteiger partial charge in [0.25, 0.3) is 5.91 Å². The van der Waals surface area contributed by atoms with Gasteiger partial charge in [-0.05, 0) is 83.8 Å². The number of halogens is 1. The maximum Gasteiger partial charge on any atom is 0.289 e. The molecule has 2 aromatic rings. The van der Waals surface area contributed by atoms with E-state index in [4.69, 9.17) is 4.42 Å². The summed E-state index contributed by atoms with van der Waals surface area (Å²) >= 11 is 3.23. The van der Waals surface area contributed by atoms with Crippen LogP contribution in [0.1, 0.15) is 40.9 Å². The average Bonchev–Trinajstić information content (AvgIpc) is 3.30. The second-order valence-electron chi connectivity index (χ2n) is 8.25. The second-order valence-corrected chi connectivity index (χ2v) is 10.9. The molecular formula is C21H25BrN2O4S. The van der Waals surface area contributed by atoms with E-state index >= 15 is 0 Å². The summed E-state index contributed by atoms with van der Waals surface area (Å²) in [5.41, 5.74) is 1.71. The van der Waals surface area contributed by atoms with Gasteiger partial charge >= 0.3 is 0 Å². The second kappa shape index (κ2) is 7.56. The Hall–Kier alpha value is -1.64. The summed E-state index contributed by atoms with van der Waals surface area (Å²) in [6, 6.07) is 8.95. The Kier molecular flexibility index (Phi) is 5.38. The van der Waals surface area contributed by atoms with Crippen molar-refractivity contribution in [2.45, 2.75) is 38.0 Å². The SMILES string of the molecule is Cc1ccc(C)c(S(=O)(=O)N2CCC3(CCN(C(=O)c4ccc(Br)o4)C3)CC2)c1. The van der Waals surface area contributed by atoms with Crippen molar-refractivity contribution in [1.82, 2.24) is 9.21 Å². The Balaban J connectivity index is 1.44. The quantitative estimate of drug-likeness (QED) is 0.665. The van der Waals surface area contributed by atoms with E-state index in [1.54, 1.807) is 22.5 Å². The summed E-state index contributed by atoms with van der Waals surface area (Å²) in [4.78, 5) is 14.9. The number of hydrogen-bond donors (Lipinski definition) is 0. The number of furan rings is 1. The summed E-state index contributed by atoms with van der Waals surface area (Å²) in [6.07, 6.45) is 2.43. The summed E-state index contributed by atoms with van der Waals surface area (Å²) in [6.45, 7) is 6.06. The average molecular weight is 481 g/mol. The highest BCUT2D eigenvalue weighted by atomic mass is 79.9. The van der Waals surface area contributed by atoms with Gasteiger partial charge in [-0.1, -0.05) is 12.1 Å². The molecule has 0 aliphatic carbocycles. The number of hydrogen-bond acceptors (Lipinski definition) is 4. The van der Waals surface area contributed by atoms with Crippen molar-refractivity contribution < 1.29 is 17.6 Å². The van der Waals surface area contributed by atoms with Crippen molar-refractivity contribution in [2.75, 3.05) is 26.2 Å². The van der Waals surface area contributed by atoms with Crippen LogP contribution >= 0.6 is 15.9 Å². The third kappa shape index (κ3) is 3.90. The predicted octanol–water partition coefficient (Wildman–Crippen LogP) is 3.98. The smallest absolute Gasteiger partial charge is 0.289 e. The van der Waals surface area contributed by atoms with Crippen LogP contribution in [0.5, 0.6) is 0 Å². The molecule has 3 heterocycles. The minimum absolute atomic E-state index is 0.00679. The van der Waals surface area contributed by atoms with E-state index in [0.717, 1.165) is 30.4 Å². The van der Waals surface area contributed by atoms with E-state index in [1.807, 2.05) is 30.9 Å². The van der Waals surface area contributed by atoms with Gasteiger partial charge in [0.05, 0.1) is 4.90 Å². The van der Waals surface area contributed by atoms with Gasteiger partial charge in [0.2, 0.25) is 10.0 Å². The van der Waals surface area contributed by atoms with Crippen molar-refractivity contribution >= 4 is 31.9 Å². The summed E-state index contributed by atoms with van der Waals surface area (Å²) in [7, 11) is -3.50. The van der Waals surface area contributed by atoms with E-state index in [9.17, 15) is 13.2 Å². The standard InChI is InChI=1S/C21H25BrN2O4S/c1-15-3-4-16(2)18(13-15)29(26,27)24-11-8-21(9-12-24)7-10-23(14-21)20(25)17-5-6-19(22)28-17/h3-6,13H,7-12,14H2,1-2H3. The molecule has 1 aromatic heterocycles. The molecule has 0 unspecified atom stereocenters. The van der Waals surface area contributed by atoms with Crippen LogP contribution in [0.15, 0.2) is 44.3 Å². The first kappa shape index (κ1) is 20.6. The molecule has 0 radical (unpaired) electrons. The number of benzene rings is 1. The fraction of sp³-hybridized carbons (Fsp3) is 0.476. The number of nitrogens with zero attached hydrogens (tertiary/aromatic N) is 2. The molecule has 0 N–H and O–H groups in total. The molecule has 2 aliphatic heterocycles. The number of likely N-dealkylation sites (tertiary alicyclic amines) is 1. The van der Waals surface area contributed by atoms with Crippen LogP contribution in [0.3, 0.4) is 0 Å². The maximum absolute atomic E-state index is 13.2. The van der Waals surface area contributed by atoms with Crippen LogP contribution in [0, 0.1) is 19.3 Å². The first-order valence-electron chi connectivity index (χ1n) is 9.82. The number of carbonyl (C=O) groups excluding carboxylic acids is 1. The van der Waals surface area contributed by atoms with Crippen molar-refractivity contribution in [3.63, 3.8) is 0 Å². The Labute approximate surface area is 180 Å². The van der Waals surface area contributed by atoms with Crippen molar-refractivity contribution in [1.29, 1.82) is 0 Å². The minimum Gasteiger partial charge on any atom is -0.444 e. The zero-order valence-corrected chi connectivity index (χ0v) is 19.1. The lowest BCUT2D eigenvalue weighted by Gasteiger charge is -2.38. The van der Waals surface area contributed by atoms with Gasteiger partial charge in [-0.2, -0.15) is 4.31 Å². The first-order valence-corrected chi connectivity index (χ1v) is 12.1. The Morgan fingerprint density at radius 2 is 1.76 bits per heavy atom. The van der Waals surface area contributed by atoms with Gasteiger partial charge < -0.3 is 9.32 Å². The van der Waals surface area contributed by atoms with Gasteiger partial charge in [0.15, 0.2) is 10.4 Å². The number of carbonyl (C=O) groups is 1. The molecule has 156 valence electrons. The third-order valence-corrected chi connectivity index (χ3v) is 8.72. The van der Waals surface area contributed by atoms with Crippen LogP contribution in [-0.2, 0) is 10.0 Å². The highest BCUT2D eigenvalue weighted by Crippen LogP contribution is 2.42. The van der Waals surface area contributed by atoms with Gasteiger partial charge in [-0.25, -0.2) is 8.42 Å². The topological polar surface area (TPSA) is 70.8 Å². The van der Waals surface area contributed by atoms with E-state index in [1.165, 1.54) is 0 Å². The lowest BCUT2D eigenvalue weighted by molar-refractivity contribution is 0.0718. The molecule has 6 nitrogen and oxygen atoms in total. The number of piperidine rings is 1. The maximum atomic E-state index is 13.2. The van der Waals surface area contributed by atoms with Crippen molar-refractivity contribution in [3.8, 4) is 0 Å². The van der Waals surface area contributed by atoms with E-state index in [2.05, 4.69) is 15.9 Å². The van der Waals surface area contributed by atoms with Crippen LogP contribution in [-0.4, -0.2) is 49.7 Å². The lowest BCUT2D eigenvalue weighted by atomic mass is 9.78. The van der Waals surface area contributed by atoms with Gasteiger partial charge in [-0.15, -0.1) is 0 Å². The summed E-state index contributed by atoms with van der Waals surface area (Å²) < 4.78 is 33.9. The number of aryl methyl sites for hydroxylation is 2. The Morgan fingerprint density at radius 3 is 2.41 bits per heavy atom. The number of amides is 1. The molecule has 1 aromatic carbocycles. The predicted molar refractivity (Wildman–Crippen MR) is 113 cm³/mol. The fourth-order valence-corrected chi connectivity index (χ4v) is 6.48. The molecule has 8 heteroatoms. The largest absolute Gasteiger partial charge is 0.444 e. The van der Waals surface area contributed by atoms with Gasteiger partial charge in [-0.3, -0.25) is 4.79 Å². The highest BCUT2D eigenvalue weighted by molar-refractivity contribution is 9.10. The van der Waals surface area contributed by atoms with E-state index in [-0.39, 0.29) is 11.3 Å². The molecule has 1 amide bonds. The van der Waals surface area contributed by atoms with Crippen LogP contribution in [0.2, 0.25) is 0 Å². The van der Waals surface area contributed by atoms with Gasteiger partial charge in [0, 0.05) is 26.2 Å². The highest BCUT2D eigenvalue weighted by Gasteiger charge is 2.44. The molecular weight excluding hydrogens is 456 g/mol. The molecule has 4 rings (SSSR count). The molecule has 2 saturated heterocycles. The lowest BCUT2D eigenvalue weighted by Crippen LogP contribution is -2.44. The van der Waals surface area contributed by atoms with Crippen LogP contribution in [0.4, 0.5) is 0 Å². The van der Waals surface area contributed by atoms with E-state index < -0.39 is 10.0 Å². The van der Waals surface area contributed by atoms with Crippen molar-refractivity contribution in [2.24, 2.45) is 5.41 Å². The zero-order chi connectivity index (χ0) is 20.8. The molecule has 0 atom stereocenters. The molecule has 0 saturated carbocycles. The summed E-state index contributed by atoms with van der Waals surface area (Å²) in [5.74, 6) is 0.238. The minimum atomic E-state index is -3.50. The third-order valence-electron chi connectivity index (χ3n) is 6.25. The molecule has 29 heavy (non-hydrogen) atoms. The number of rotatable bonds is 3. The zero-order valence-electron chi connectivity index (χ0n) is 16.7. The molecule has 1 spiro atoms. The summed E-state index contributed by atoms with van der Waals surface area (Å²) in [5, 5.41) is 0. The van der Waals surface area contributed by atoms with Crippen LogP contribution < -0.4 is 0 Å². The number of sulfonamides is 1. The first-order chi connectivity index (χ1) is 13.7. The Bertz CT molecular complexity index is 1040. The monoisotopic (exact) mass is 480 g/mol.